The van der Waals surface area contributed by atoms with Crippen molar-refractivity contribution >= 4 is 15.9 Å². The van der Waals surface area contributed by atoms with Crippen LogP contribution in [0.15, 0.2) is 21.2 Å². The average molecular weight is 242 g/mol. The van der Waals surface area contributed by atoms with Crippen LogP contribution in [0, 0.1) is 12.3 Å². The van der Waals surface area contributed by atoms with E-state index in [0.717, 1.165) is 23.4 Å². The molecule has 0 saturated carbocycles. The monoisotopic (exact) mass is 241 g/mol. The van der Waals surface area contributed by atoms with Gasteiger partial charge in [-0.05, 0) is 35.0 Å². The van der Waals surface area contributed by atoms with Gasteiger partial charge in [-0.1, -0.05) is 0 Å². The lowest BCUT2D eigenvalue weighted by molar-refractivity contribution is 0.421. The third-order valence-corrected chi connectivity index (χ3v) is 2.17. The van der Waals surface area contributed by atoms with Crippen LogP contribution in [0.4, 0.5) is 0 Å². The minimum absolute atomic E-state index is 0.208. The Bertz CT molecular complexity index is 300. The molecule has 1 aromatic rings. The summed E-state index contributed by atoms with van der Waals surface area (Å²) in [5.74, 6) is 3.50. The van der Waals surface area contributed by atoms with Crippen LogP contribution in [0.25, 0.3) is 0 Å². The SMILES string of the molecule is C#CCCNC(C)c1ccc(Br)o1. The Kier molecular flexibility index (Phi) is 4.07. The van der Waals surface area contributed by atoms with Crippen molar-refractivity contribution < 1.29 is 4.42 Å². The third-order valence-electron chi connectivity index (χ3n) is 1.74. The highest BCUT2D eigenvalue weighted by Gasteiger charge is 2.07. The second kappa shape index (κ2) is 5.11. The molecule has 1 unspecified atom stereocenters. The van der Waals surface area contributed by atoms with Crippen molar-refractivity contribution in [3.05, 3.63) is 22.6 Å². The topological polar surface area (TPSA) is 25.2 Å². The van der Waals surface area contributed by atoms with Crippen molar-refractivity contribution in [2.45, 2.75) is 19.4 Å². The third kappa shape index (κ3) is 3.25. The molecule has 0 saturated heterocycles. The van der Waals surface area contributed by atoms with Crippen molar-refractivity contribution in [3.8, 4) is 12.3 Å². The summed E-state index contributed by atoms with van der Waals surface area (Å²) >= 11 is 3.26. The van der Waals surface area contributed by atoms with Gasteiger partial charge in [-0.2, -0.15) is 0 Å². The Labute approximate surface area is 86.8 Å². The number of furan rings is 1. The standard InChI is InChI=1S/C10H12BrNO/c1-3-4-7-12-8(2)9-5-6-10(11)13-9/h1,5-6,8,12H,4,7H2,2H3. The Hall–Kier alpha value is -0.720. The largest absolute Gasteiger partial charge is 0.453 e. The maximum Gasteiger partial charge on any atom is 0.169 e. The summed E-state index contributed by atoms with van der Waals surface area (Å²) in [6.07, 6.45) is 5.88. The van der Waals surface area contributed by atoms with Gasteiger partial charge >= 0.3 is 0 Å². The van der Waals surface area contributed by atoms with Crippen LogP contribution in [0.5, 0.6) is 0 Å². The van der Waals surface area contributed by atoms with Crippen molar-refractivity contribution in [1.82, 2.24) is 5.32 Å². The van der Waals surface area contributed by atoms with Gasteiger partial charge in [-0.15, -0.1) is 12.3 Å². The molecule has 13 heavy (non-hydrogen) atoms. The first-order chi connectivity index (χ1) is 6.24. The van der Waals surface area contributed by atoms with Crippen molar-refractivity contribution in [1.29, 1.82) is 0 Å². The molecule has 3 heteroatoms. The summed E-state index contributed by atoms with van der Waals surface area (Å²) in [5, 5.41) is 3.26. The van der Waals surface area contributed by atoms with E-state index < -0.39 is 0 Å². The zero-order valence-electron chi connectivity index (χ0n) is 7.51. The zero-order chi connectivity index (χ0) is 9.68. The lowest BCUT2D eigenvalue weighted by Crippen LogP contribution is -2.18. The molecule has 0 fully saturated rings. The summed E-state index contributed by atoms with van der Waals surface area (Å²) in [7, 11) is 0. The normalized spacial score (nSPS) is 12.4. The minimum atomic E-state index is 0.208. The van der Waals surface area contributed by atoms with E-state index in [-0.39, 0.29) is 6.04 Å². The van der Waals surface area contributed by atoms with Gasteiger partial charge in [-0.3, -0.25) is 0 Å². The molecule has 70 valence electrons. The molecular weight excluding hydrogens is 230 g/mol. The number of halogens is 1. The number of terminal acetylenes is 1. The highest BCUT2D eigenvalue weighted by atomic mass is 79.9. The van der Waals surface area contributed by atoms with Crippen LogP contribution in [-0.2, 0) is 0 Å². The predicted molar refractivity (Wildman–Crippen MR) is 56.3 cm³/mol. The van der Waals surface area contributed by atoms with Crippen LogP contribution in [0.3, 0.4) is 0 Å². The number of hydrogen-bond acceptors (Lipinski definition) is 2. The molecule has 0 aliphatic rings. The molecule has 1 atom stereocenters. The molecular formula is C10H12BrNO. The summed E-state index contributed by atoms with van der Waals surface area (Å²) in [5.41, 5.74) is 0. The van der Waals surface area contributed by atoms with E-state index in [1.165, 1.54) is 0 Å². The molecule has 0 radical (unpaired) electrons. The number of rotatable bonds is 4. The molecule has 0 bridgehead atoms. The van der Waals surface area contributed by atoms with E-state index >= 15 is 0 Å². The Morgan fingerprint density at radius 3 is 3.00 bits per heavy atom. The van der Waals surface area contributed by atoms with Gasteiger partial charge in [0, 0.05) is 13.0 Å². The van der Waals surface area contributed by atoms with Gasteiger partial charge in [0.2, 0.25) is 0 Å². The van der Waals surface area contributed by atoms with Crippen molar-refractivity contribution in [2.24, 2.45) is 0 Å². The fourth-order valence-electron chi connectivity index (χ4n) is 1.02. The van der Waals surface area contributed by atoms with E-state index in [9.17, 15) is 0 Å². The smallest absolute Gasteiger partial charge is 0.169 e. The van der Waals surface area contributed by atoms with E-state index in [4.69, 9.17) is 10.8 Å². The second-order valence-corrected chi connectivity index (χ2v) is 3.55. The predicted octanol–water partition coefficient (Wildman–Crippen LogP) is 2.72. The first-order valence-corrected chi connectivity index (χ1v) is 4.95. The highest BCUT2D eigenvalue weighted by molar-refractivity contribution is 9.10. The second-order valence-electron chi connectivity index (χ2n) is 2.77. The Morgan fingerprint density at radius 2 is 2.46 bits per heavy atom. The molecule has 1 N–H and O–H groups in total. The van der Waals surface area contributed by atoms with Crippen LogP contribution < -0.4 is 5.32 Å². The van der Waals surface area contributed by atoms with E-state index in [1.807, 2.05) is 19.1 Å². The van der Waals surface area contributed by atoms with Crippen LogP contribution in [-0.4, -0.2) is 6.54 Å². The summed E-state index contributed by atoms with van der Waals surface area (Å²) in [4.78, 5) is 0. The molecule has 0 aliphatic heterocycles. The Morgan fingerprint density at radius 1 is 1.69 bits per heavy atom. The average Bonchev–Trinajstić information content (AvgIpc) is 2.52. The van der Waals surface area contributed by atoms with E-state index in [2.05, 4.69) is 27.2 Å². The molecule has 0 aromatic carbocycles. The van der Waals surface area contributed by atoms with Crippen molar-refractivity contribution in [2.75, 3.05) is 6.54 Å². The first-order valence-electron chi connectivity index (χ1n) is 4.16. The molecule has 0 amide bonds. The first kappa shape index (κ1) is 10.4. The summed E-state index contributed by atoms with van der Waals surface area (Å²) < 4.78 is 6.14. The van der Waals surface area contributed by atoms with Crippen LogP contribution in [0.2, 0.25) is 0 Å². The fourth-order valence-corrected chi connectivity index (χ4v) is 1.34. The molecule has 1 heterocycles. The molecule has 2 nitrogen and oxygen atoms in total. The lowest BCUT2D eigenvalue weighted by atomic mass is 10.2. The van der Waals surface area contributed by atoms with Gasteiger partial charge in [0.05, 0.1) is 6.04 Å². The Balaban J connectivity index is 2.40. The number of hydrogen-bond donors (Lipinski definition) is 1. The summed E-state index contributed by atoms with van der Waals surface area (Å²) in [6, 6.07) is 4.03. The quantitative estimate of drug-likeness (QED) is 0.648. The van der Waals surface area contributed by atoms with E-state index in [1.54, 1.807) is 0 Å². The number of nitrogens with one attached hydrogen (secondary N) is 1. The maximum atomic E-state index is 5.38. The van der Waals surface area contributed by atoms with Gasteiger partial charge in [0.1, 0.15) is 5.76 Å². The highest BCUT2D eigenvalue weighted by Crippen LogP contribution is 2.19. The minimum Gasteiger partial charge on any atom is -0.453 e. The van der Waals surface area contributed by atoms with Crippen LogP contribution in [0.1, 0.15) is 25.1 Å². The van der Waals surface area contributed by atoms with Gasteiger partial charge in [0.25, 0.3) is 0 Å². The lowest BCUT2D eigenvalue weighted by Gasteiger charge is -2.08. The van der Waals surface area contributed by atoms with Gasteiger partial charge in [0.15, 0.2) is 4.67 Å². The molecule has 1 aromatic heterocycles. The van der Waals surface area contributed by atoms with Crippen LogP contribution >= 0.6 is 15.9 Å². The van der Waals surface area contributed by atoms with Gasteiger partial charge in [-0.25, -0.2) is 0 Å². The molecule has 0 aliphatic carbocycles. The van der Waals surface area contributed by atoms with Gasteiger partial charge < -0.3 is 9.73 Å². The molecule has 0 spiro atoms. The fraction of sp³-hybridized carbons (Fsp3) is 0.400. The van der Waals surface area contributed by atoms with E-state index in [0.29, 0.717) is 0 Å². The summed E-state index contributed by atoms with van der Waals surface area (Å²) in [6.45, 7) is 2.86. The maximum absolute atomic E-state index is 5.38. The van der Waals surface area contributed by atoms with Crippen molar-refractivity contribution in [3.63, 3.8) is 0 Å². The zero-order valence-corrected chi connectivity index (χ0v) is 9.10. The molecule has 1 rings (SSSR count).